The van der Waals surface area contributed by atoms with Crippen LogP contribution >= 0.6 is 0 Å². The van der Waals surface area contributed by atoms with E-state index in [0.717, 1.165) is 5.56 Å². The van der Waals surface area contributed by atoms with Crippen LogP contribution in [0.2, 0.25) is 0 Å². The highest BCUT2D eigenvalue weighted by Crippen LogP contribution is 2.31. The quantitative estimate of drug-likeness (QED) is 0.353. The van der Waals surface area contributed by atoms with E-state index in [9.17, 15) is 10.1 Å². The van der Waals surface area contributed by atoms with E-state index in [4.69, 9.17) is 34.0 Å². The summed E-state index contributed by atoms with van der Waals surface area (Å²) in [6.07, 6.45) is 0. The summed E-state index contributed by atoms with van der Waals surface area (Å²) < 4.78 is 15.8. The van der Waals surface area contributed by atoms with Crippen molar-refractivity contribution in [3.8, 4) is 17.2 Å². The summed E-state index contributed by atoms with van der Waals surface area (Å²) in [5.74, 6) is -1.72. The van der Waals surface area contributed by atoms with E-state index in [1.807, 2.05) is 6.07 Å². The van der Waals surface area contributed by atoms with Gasteiger partial charge < -0.3 is 29.7 Å². The normalized spacial score (nSPS) is 9.48. The lowest BCUT2D eigenvalue weighted by Gasteiger charge is -2.14. The van der Waals surface area contributed by atoms with Crippen molar-refractivity contribution in [2.45, 2.75) is 6.54 Å². The van der Waals surface area contributed by atoms with Crippen LogP contribution in [-0.4, -0.2) is 48.4 Å². The van der Waals surface area contributed by atoms with Crippen LogP contribution in [0.4, 0.5) is 11.4 Å². The molecule has 0 saturated carbocycles. The van der Waals surface area contributed by atoms with Crippen LogP contribution in [0.25, 0.3) is 0 Å². The SMILES string of the molecule is COc1ccc(OC)c(CNc2cc([N+](=O)[O-])ccc2OC)c1.O=C(O)C(=O)O. The zero-order chi connectivity index (χ0) is 22.0. The van der Waals surface area contributed by atoms with Crippen LogP contribution in [0, 0.1) is 10.1 Å². The Morgan fingerprint density at radius 3 is 2.03 bits per heavy atom. The van der Waals surface area contributed by atoms with Gasteiger partial charge in [0.15, 0.2) is 0 Å². The zero-order valence-corrected chi connectivity index (χ0v) is 15.9. The minimum Gasteiger partial charge on any atom is -0.497 e. The first-order valence-corrected chi connectivity index (χ1v) is 7.96. The third-order valence-corrected chi connectivity index (χ3v) is 3.53. The van der Waals surface area contributed by atoms with E-state index in [1.54, 1.807) is 32.4 Å². The molecule has 0 aliphatic carbocycles. The molecule has 156 valence electrons. The molecule has 0 aromatic heterocycles. The fourth-order valence-corrected chi connectivity index (χ4v) is 2.16. The molecule has 0 radical (unpaired) electrons. The lowest BCUT2D eigenvalue weighted by molar-refractivity contribution is -0.384. The van der Waals surface area contributed by atoms with Gasteiger partial charge in [-0.2, -0.15) is 0 Å². The van der Waals surface area contributed by atoms with E-state index < -0.39 is 16.9 Å². The first kappa shape index (κ1) is 23.0. The largest absolute Gasteiger partial charge is 0.497 e. The molecule has 11 heteroatoms. The molecule has 3 N–H and O–H groups in total. The number of aliphatic carboxylic acids is 2. The van der Waals surface area contributed by atoms with Crippen LogP contribution < -0.4 is 19.5 Å². The third-order valence-electron chi connectivity index (χ3n) is 3.53. The molecule has 0 aliphatic rings. The summed E-state index contributed by atoms with van der Waals surface area (Å²) in [7, 11) is 4.68. The average Bonchev–Trinajstić information content (AvgIpc) is 2.71. The number of benzene rings is 2. The summed E-state index contributed by atoms with van der Waals surface area (Å²) in [5, 5.41) is 28.8. The second-order valence-corrected chi connectivity index (χ2v) is 5.28. The first-order valence-electron chi connectivity index (χ1n) is 7.96. The summed E-state index contributed by atoms with van der Waals surface area (Å²) in [6.45, 7) is 0.401. The number of carbonyl (C=O) groups is 2. The van der Waals surface area contributed by atoms with E-state index in [1.165, 1.54) is 19.2 Å². The predicted octanol–water partition coefficient (Wildman–Crippen LogP) is 2.39. The maximum absolute atomic E-state index is 10.9. The molecule has 0 fully saturated rings. The number of rotatable bonds is 7. The number of hydrogen-bond donors (Lipinski definition) is 3. The van der Waals surface area contributed by atoms with Crippen molar-refractivity contribution in [2.75, 3.05) is 26.6 Å². The van der Waals surface area contributed by atoms with E-state index in [0.29, 0.717) is 29.5 Å². The summed E-state index contributed by atoms with van der Waals surface area (Å²) in [4.78, 5) is 28.7. The second-order valence-electron chi connectivity index (χ2n) is 5.28. The van der Waals surface area contributed by atoms with Crippen LogP contribution in [0.1, 0.15) is 5.56 Å². The van der Waals surface area contributed by atoms with Crippen molar-refractivity contribution in [3.05, 3.63) is 52.1 Å². The van der Waals surface area contributed by atoms with Gasteiger partial charge in [-0.05, 0) is 24.3 Å². The number of ether oxygens (including phenoxy) is 3. The van der Waals surface area contributed by atoms with E-state index >= 15 is 0 Å². The highest BCUT2D eigenvalue weighted by Gasteiger charge is 2.12. The molecule has 0 unspecified atom stereocenters. The summed E-state index contributed by atoms with van der Waals surface area (Å²) >= 11 is 0. The Balaban J connectivity index is 0.000000612. The number of hydrogen-bond acceptors (Lipinski definition) is 8. The van der Waals surface area contributed by atoms with Crippen molar-refractivity contribution in [1.29, 1.82) is 0 Å². The molecule has 0 spiro atoms. The Kier molecular flexibility index (Phi) is 8.71. The molecule has 0 saturated heterocycles. The number of anilines is 1. The minimum atomic E-state index is -1.82. The van der Waals surface area contributed by atoms with E-state index in [2.05, 4.69) is 5.32 Å². The molecule has 2 aromatic rings. The summed E-state index contributed by atoms with van der Waals surface area (Å²) in [6, 6.07) is 9.84. The van der Waals surface area contributed by atoms with E-state index in [-0.39, 0.29) is 5.69 Å². The van der Waals surface area contributed by atoms with Crippen molar-refractivity contribution in [2.24, 2.45) is 0 Å². The van der Waals surface area contributed by atoms with Gasteiger partial charge in [0.05, 0.1) is 31.9 Å². The smallest absolute Gasteiger partial charge is 0.414 e. The highest BCUT2D eigenvalue weighted by molar-refractivity contribution is 6.27. The van der Waals surface area contributed by atoms with Gasteiger partial charge in [0.1, 0.15) is 17.2 Å². The molecule has 0 atom stereocenters. The van der Waals surface area contributed by atoms with Crippen LogP contribution in [0.5, 0.6) is 17.2 Å². The summed E-state index contributed by atoms with van der Waals surface area (Å²) in [5.41, 5.74) is 1.39. The maximum Gasteiger partial charge on any atom is 0.414 e. The molecule has 29 heavy (non-hydrogen) atoms. The van der Waals surface area contributed by atoms with Gasteiger partial charge in [0.2, 0.25) is 0 Å². The van der Waals surface area contributed by atoms with Gasteiger partial charge in [0, 0.05) is 24.2 Å². The van der Waals surface area contributed by atoms with Gasteiger partial charge >= 0.3 is 11.9 Å². The van der Waals surface area contributed by atoms with Crippen LogP contribution in [0.15, 0.2) is 36.4 Å². The molecule has 2 rings (SSSR count). The van der Waals surface area contributed by atoms with Gasteiger partial charge in [-0.15, -0.1) is 0 Å². The zero-order valence-electron chi connectivity index (χ0n) is 15.9. The number of nitrogens with one attached hydrogen (secondary N) is 1. The number of methoxy groups -OCH3 is 3. The predicted molar refractivity (Wildman–Crippen MR) is 102 cm³/mol. The molecule has 11 nitrogen and oxygen atoms in total. The molecular formula is C18H20N2O9. The van der Waals surface area contributed by atoms with Crippen molar-refractivity contribution in [3.63, 3.8) is 0 Å². The Bertz CT molecular complexity index is 872. The second kappa shape index (κ2) is 11.0. The van der Waals surface area contributed by atoms with Crippen molar-refractivity contribution in [1.82, 2.24) is 0 Å². The molecule has 0 heterocycles. The minimum absolute atomic E-state index is 0.00842. The molecule has 0 aliphatic heterocycles. The number of nitro groups is 1. The van der Waals surface area contributed by atoms with Gasteiger partial charge in [-0.25, -0.2) is 9.59 Å². The number of carboxylic acids is 2. The molecule has 2 aromatic carbocycles. The monoisotopic (exact) mass is 408 g/mol. The lowest BCUT2D eigenvalue weighted by Crippen LogP contribution is -2.09. The molecule has 0 amide bonds. The number of nitrogens with zero attached hydrogens (tertiary/aromatic N) is 1. The maximum atomic E-state index is 10.9. The number of non-ortho nitro benzene ring substituents is 1. The Morgan fingerprint density at radius 1 is 0.966 bits per heavy atom. The Hall–Kier alpha value is -4.02. The fraction of sp³-hybridized carbons (Fsp3) is 0.222. The molecular weight excluding hydrogens is 388 g/mol. The Morgan fingerprint density at radius 2 is 1.55 bits per heavy atom. The van der Waals surface area contributed by atoms with Crippen molar-refractivity contribution < 1.29 is 38.9 Å². The topological polar surface area (TPSA) is 157 Å². The standard InChI is InChI=1S/C16H18N2O5.C2H2O4/c1-21-13-5-7-15(22-2)11(8-13)10-17-14-9-12(18(19)20)4-6-16(14)23-3;3-1(4)2(5)6/h4-9,17H,10H2,1-3H3;(H,3,4)(H,5,6). The van der Waals surface area contributed by atoms with Gasteiger partial charge in [0.25, 0.3) is 5.69 Å². The van der Waals surface area contributed by atoms with Gasteiger partial charge in [-0.3, -0.25) is 10.1 Å². The number of nitro benzene ring substituents is 1. The van der Waals surface area contributed by atoms with Gasteiger partial charge in [-0.1, -0.05) is 0 Å². The average molecular weight is 408 g/mol. The van der Waals surface area contributed by atoms with Crippen molar-refractivity contribution >= 4 is 23.3 Å². The fourth-order valence-electron chi connectivity index (χ4n) is 2.16. The highest BCUT2D eigenvalue weighted by atomic mass is 16.6. The first-order chi connectivity index (χ1) is 13.7. The lowest BCUT2D eigenvalue weighted by atomic mass is 10.1. The van der Waals surface area contributed by atoms with Crippen LogP contribution in [-0.2, 0) is 16.1 Å². The molecule has 0 bridgehead atoms. The third kappa shape index (κ3) is 6.90. The van der Waals surface area contributed by atoms with Crippen LogP contribution in [0.3, 0.4) is 0 Å². The number of carboxylic acid groups (broad SMARTS) is 2. The Labute approximate surface area is 165 Å².